The van der Waals surface area contributed by atoms with Crippen LogP contribution in [0.3, 0.4) is 0 Å². The summed E-state index contributed by atoms with van der Waals surface area (Å²) in [6.07, 6.45) is 3.08. The third-order valence-electron chi connectivity index (χ3n) is 4.52. The fourth-order valence-corrected chi connectivity index (χ4v) is 2.75. The van der Waals surface area contributed by atoms with Gasteiger partial charge in [-0.25, -0.2) is 9.97 Å². The highest BCUT2D eigenvalue weighted by Gasteiger charge is 2.22. The number of amides is 1. The quantitative estimate of drug-likeness (QED) is 0.742. The van der Waals surface area contributed by atoms with E-state index in [0.29, 0.717) is 16.9 Å². The molecule has 1 N–H and O–H groups in total. The second-order valence-electron chi connectivity index (χ2n) is 7.20. The Morgan fingerprint density at radius 3 is 2.57 bits per heavy atom. The number of aromatic nitrogens is 3. The van der Waals surface area contributed by atoms with Crippen molar-refractivity contribution < 1.29 is 4.79 Å². The second kappa shape index (κ2) is 7.57. The van der Waals surface area contributed by atoms with E-state index < -0.39 is 5.41 Å². The van der Waals surface area contributed by atoms with Crippen molar-refractivity contribution in [2.75, 3.05) is 5.32 Å². The van der Waals surface area contributed by atoms with E-state index in [0.717, 1.165) is 22.5 Å². The summed E-state index contributed by atoms with van der Waals surface area (Å²) in [5, 5.41) is 12.2. The van der Waals surface area contributed by atoms with Crippen LogP contribution in [-0.4, -0.2) is 20.9 Å². The molecule has 0 aliphatic heterocycles. The molecule has 0 fully saturated rings. The van der Waals surface area contributed by atoms with Gasteiger partial charge in [-0.15, -0.1) is 0 Å². The number of nitriles is 1. The van der Waals surface area contributed by atoms with Gasteiger partial charge < -0.3 is 5.32 Å². The zero-order valence-electron chi connectivity index (χ0n) is 16.3. The molecule has 0 aliphatic carbocycles. The molecule has 6 heteroatoms. The fourth-order valence-electron chi connectivity index (χ4n) is 2.75. The Morgan fingerprint density at radius 1 is 1.07 bits per heavy atom. The molecular formula is C22H21N5O. The monoisotopic (exact) mass is 371 g/mol. The minimum absolute atomic E-state index is 0.258. The number of anilines is 1. The molecule has 0 radical (unpaired) electrons. The van der Waals surface area contributed by atoms with E-state index in [1.165, 1.54) is 6.33 Å². The van der Waals surface area contributed by atoms with E-state index in [9.17, 15) is 10.1 Å². The zero-order chi connectivity index (χ0) is 20.3. The van der Waals surface area contributed by atoms with Gasteiger partial charge in [0.2, 0.25) is 0 Å². The topological polar surface area (TPSA) is 91.6 Å². The van der Waals surface area contributed by atoms with Crippen LogP contribution in [-0.2, 0) is 5.41 Å². The molecule has 28 heavy (non-hydrogen) atoms. The number of pyridine rings is 1. The lowest BCUT2D eigenvalue weighted by Gasteiger charge is -2.15. The summed E-state index contributed by atoms with van der Waals surface area (Å²) in [4.78, 5) is 25.4. The molecule has 6 nitrogen and oxygen atoms in total. The van der Waals surface area contributed by atoms with Gasteiger partial charge in [-0.3, -0.25) is 9.78 Å². The molecule has 0 bridgehead atoms. The van der Waals surface area contributed by atoms with Crippen molar-refractivity contribution in [2.24, 2.45) is 0 Å². The molecule has 1 aromatic carbocycles. The van der Waals surface area contributed by atoms with Crippen molar-refractivity contribution in [1.29, 1.82) is 5.26 Å². The Labute approximate surface area is 164 Å². The molecule has 1 amide bonds. The predicted molar refractivity (Wildman–Crippen MR) is 108 cm³/mol. The van der Waals surface area contributed by atoms with Gasteiger partial charge in [0.05, 0.1) is 22.9 Å². The summed E-state index contributed by atoms with van der Waals surface area (Å²) in [5.41, 5.74) is 4.59. The zero-order valence-corrected chi connectivity index (χ0v) is 16.3. The maximum absolute atomic E-state index is 12.7. The van der Waals surface area contributed by atoms with E-state index in [4.69, 9.17) is 0 Å². The van der Waals surface area contributed by atoms with Gasteiger partial charge in [0.1, 0.15) is 6.33 Å². The van der Waals surface area contributed by atoms with Crippen LogP contribution in [0.5, 0.6) is 0 Å². The lowest BCUT2D eigenvalue weighted by molar-refractivity contribution is 0.102. The van der Waals surface area contributed by atoms with Crippen molar-refractivity contribution in [3.63, 3.8) is 0 Å². The molecule has 140 valence electrons. The van der Waals surface area contributed by atoms with Crippen LogP contribution < -0.4 is 5.32 Å². The van der Waals surface area contributed by atoms with Crippen LogP contribution in [0.4, 0.5) is 5.69 Å². The smallest absolute Gasteiger partial charge is 0.255 e. The first kappa shape index (κ1) is 19.2. The summed E-state index contributed by atoms with van der Waals surface area (Å²) >= 11 is 0. The number of aryl methyl sites for hydroxylation is 2. The van der Waals surface area contributed by atoms with E-state index in [1.807, 2.05) is 38.1 Å². The number of carbonyl (C=O) groups excluding carboxylic acids is 1. The number of hydrogen-bond donors (Lipinski definition) is 1. The van der Waals surface area contributed by atoms with Crippen molar-refractivity contribution >= 4 is 11.6 Å². The molecule has 2 aromatic heterocycles. The van der Waals surface area contributed by atoms with Crippen molar-refractivity contribution in [3.05, 3.63) is 71.4 Å². The largest absolute Gasteiger partial charge is 0.322 e. The number of nitrogens with zero attached hydrogens (tertiary/aromatic N) is 4. The van der Waals surface area contributed by atoms with E-state index >= 15 is 0 Å². The Kier molecular flexibility index (Phi) is 5.18. The standard InChI is InChI=1S/C22H21N5O/c1-14-5-6-17(11-18(14)19-9-15(2)25-13-26-19)27-21(28)16-7-8-24-20(10-16)22(3,4)12-23/h5-11,13H,1-4H3,(H,27,28). The molecule has 2 heterocycles. The van der Waals surface area contributed by atoms with Gasteiger partial charge in [-0.2, -0.15) is 5.26 Å². The lowest BCUT2D eigenvalue weighted by atomic mass is 9.90. The molecule has 0 saturated carbocycles. The minimum Gasteiger partial charge on any atom is -0.322 e. The van der Waals surface area contributed by atoms with Gasteiger partial charge in [0, 0.05) is 28.7 Å². The molecule has 3 aromatic rings. The summed E-state index contributed by atoms with van der Waals surface area (Å²) in [5.74, 6) is -0.258. The van der Waals surface area contributed by atoms with Gasteiger partial charge in [0.15, 0.2) is 0 Å². The van der Waals surface area contributed by atoms with Gasteiger partial charge in [-0.1, -0.05) is 6.07 Å². The minimum atomic E-state index is -0.766. The molecule has 0 unspecified atom stereocenters. The van der Waals surface area contributed by atoms with Crippen LogP contribution in [0.1, 0.15) is 41.2 Å². The third kappa shape index (κ3) is 4.04. The number of rotatable bonds is 4. The van der Waals surface area contributed by atoms with Crippen LogP contribution in [0.25, 0.3) is 11.3 Å². The summed E-state index contributed by atoms with van der Waals surface area (Å²) in [6.45, 7) is 7.45. The van der Waals surface area contributed by atoms with Crippen LogP contribution in [0.15, 0.2) is 48.9 Å². The predicted octanol–water partition coefficient (Wildman–Crippen LogP) is 4.21. The first-order valence-electron chi connectivity index (χ1n) is 8.89. The van der Waals surface area contributed by atoms with Gasteiger partial charge in [0.25, 0.3) is 5.91 Å². The maximum Gasteiger partial charge on any atom is 0.255 e. The molecular weight excluding hydrogens is 350 g/mol. The number of benzene rings is 1. The molecule has 0 atom stereocenters. The van der Waals surface area contributed by atoms with Crippen molar-refractivity contribution in [1.82, 2.24) is 15.0 Å². The number of hydrogen-bond acceptors (Lipinski definition) is 5. The van der Waals surface area contributed by atoms with Crippen LogP contribution >= 0.6 is 0 Å². The molecule has 3 rings (SSSR count). The Bertz CT molecular complexity index is 1080. The van der Waals surface area contributed by atoms with Gasteiger partial charge in [-0.05, 0) is 63.6 Å². The number of nitrogens with one attached hydrogen (secondary N) is 1. The fraction of sp³-hybridized carbons (Fsp3) is 0.227. The Hall–Kier alpha value is -3.59. The molecule has 0 saturated heterocycles. The van der Waals surface area contributed by atoms with Crippen molar-refractivity contribution in [2.45, 2.75) is 33.1 Å². The average Bonchev–Trinajstić information content (AvgIpc) is 2.69. The number of carbonyl (C=O) groups is 1. The highest BCUT2D eigenvalue weighted by Crippen LogP contribution is 2.26. The Balaban J connectivity index is 1.89. The average molecular weight is 371 g/mol. The third-order valence-corrected chi connectivity index (χ3v) is 4.52. The lowest BCUT2D eigenvalue weighted by Crippen LogP contribution is -2.18. The highest BCUT2D eigenvalue weighted by atomic mass is 16.1. The summed E-state index contributed by atoms with van der Waals surface area (Å²) in [6, 6.07) is 13.1. The maximum atomic E-state index is 12.7. The molecule has 0 spiro atoms. The molecule has 0 aliphatic rings. The van der Waals surface area contributed by atoms with Gasteiger partial charge >= 0.3 is 0 Å². The van der Waals surface area contributed by atoms with E-state index in [1.54, 1.807) is 32.2 Å². The van der Waals surface area contributed by atoms with Crippen LogP contribution in [0.2, 0.25) is 0 Å². The van der Waals surface area contributed by atoms with E-state index in [-0.39, 0.29) is 5.91 Å². The van der Waals surface area contributed by atoms with E-state index in [2.05, 4.69) is 26.3 Å². The second-order valence-corrected chi connectivity index (χ2v) is 7.20. The van der Waals surface area contributed by atoms with Crippen LogP contribution in [0, 0.1) is 25.2 Å². The van der Waals surface area contributed by atoms with Crippen molar-refractivity contribution in [3.8, 4) is 17.3 Å². The summed E-state index contributed by atoms with van der Waals surface area (Å²) < 4.78 is 0. The highest BCUT2D eigenvalue weighted by molar-refractivity contribution is 6.04. The SMILES string of the molecule is Cc1cc(-c2cc(NC(=O)c3ccnc(C(C)(C)C#N)c3)ccc2C)ncn1. The first-order valence-corrected chi connectivity index (χ1v) is 8.89. The normalized spacial score (nSPS) is 11.0. The Morgan fingerprint density at radius 2 is 1.86 bits per heavy atom. The summed E-state index contributed by atoms with van der Waals surface area (Å²) in [7, 11) is 0. The first-order chi connectivity index (χ1) is 13.3.